The lowest BCUT2D eigenvalue weighted by Gasteiger charge is -2.21. The average molecular weight is 245 g/mol. The molecule has 17 heavy (non-hydrogen) atoms. The minimum atomic E-state index is 0.109. The zero-order chi connectivity index (χ0) is 12.3. The molecule has 0 saturated carbocycles. The van der Waals surface area contributed by atoms with E-state index in [1.54, 1.807) is 18.3 Å². The van der Waals surface area contributed by atoms with Gasteiger partial charge >= 0.3 is 0 Å². The number of para-hydroxylation sites is 1. The Hall–Kier alpha value is -1.61. The summed E-state index contributed by atoms with van der Waals surface area (Å²) in [6.07, 6.45) is 0. The van der Waals surface area contributed by atoms with Gasteiger partial charge in [-0.2, -0.15) is 11.3 Å². The summed E-state index contributed by atoms with van der Waals surface area (Å²) in [4.78, 5) is 13.7. The number of nitrogens with zero attached hydrogens (tertiary/aromatic N) is 1. The molecule has 1 heterocycles. The molecule has 0 aliphatic heterocycles. The van der Waals surface area contributed by atoms with Gasteiger partial charge in [0.15, 0.2) is 5.78 Å². The highest BCUT2D eigenvalue weighted by Crippen LogP contribution is 2.22. The first-order chi connectivity index (χ1) is 8.18. The van der Waals surface area contributed by atoms with E-state index in [-0.39, 0.29) is 5.78 Å². The summed E-state index contributed by atoms with van der Waals surface area (Å²) in [5.41, 5.74) is 3.05. The monoisotopic (exact) mass is 245 g/mol. The Labute approximate surface area is 106 Å². The third kappa shape index (κ3) is 2.74. The van der Waals surface area contributed by atoms with E-state index >= 15 is 0 Å². The number of hydrogen-bond acceptors (Lipinski definition) is 3. The van der Waals surface area contributed by atoms with Gasteiger partial charge in [0.25, 0.3) is 0 Å². The van der Waals surface area contributed by atoms with Gasteiger partial charge in [-0.25, -0.2) is 0 Å². The van der Waals surface area contributed by atoms with E-state index in [2.05, 4.69) is 21.7 Å². The standard InChI is InChI=1S/C14H15NOS/c1-11(16)13-5-3-4-6-14(13)15(2)9-12-7-8-17-10-12/h3-8,10H,9H2,1-2H3. The van der Waals surface area contributed by atoms with E-state index in [4.69, 9.17) is 0 Å². The molecule has 0 saturated heterocycles. The highest BCUT2D eigenvalue weighted by Gasteiger charge is 2.10. The van der Waals surface area contributed by atoms with Crippen molar-refractivity contribution in [3.8, 4) is 0 Å². The summed E-state index contributed by atoms with van der Waals surface area (Å²) in [5.74, 6) is 0.109. The summed E-state index contributed by atoms with van der Waals surface area (Å²) in [5, 5.41) is 4.20. The maximum atomic E-state index is 11.5. The number of carbonyl (C=O) groups is 1. The van der Waals surface area contributed by atoms with Crippen LogP contribution >= 0.6 is 11.3 Å². The largest absolute Gasteiger partial charge is 0.370 e. The van der Waals surface area contributed by atoms with Crippen molar-refractivity contribution in [2.45, 2.75) is 13.5 Å². The van der Waals surface area contributed by atoms with Gasteiger partial charge in [0, 0.05) is 24.8 Å². The Morgan fingerprint density at radius 2 is 2.06 bits per heavy atom. The van der Waals surface area contributed by atoms with Gasteiger partial charge in [0.05, 0.1) is 0 Å². The third-order valence-corrected chi connectivity index (χ3v) is 3.43. The Morgan fingerprint density at radius 3 is 2.71 bits per heavy atom. The zero-order valence-electron chi connectivity index (χ0n) is 10.0. The molecule has 0 N–H and O–H groups in total. The predicted molar refractivity (Wildman–Crippen MR) is 72.9 cm³/mol. The quantitative estimate of drug-likeness (QED) is 0.767. The molecule has 0 bridgehead atoms. The lowest BCUT2D eigenvalue weighted by Crippen LogP contribution is -2.18. The second-order valence-electron chi connectivity index (χ2n) is 4.06. The molecule has 0 amide bonds. The molecule has 0 aliphatic rings. The van der Waals surface area contributed by atoms with Crippen molar-refractivity contribution in [3.05, 3.63) is 52.2 Å². The molecule has 88 valence electrons. The number of Topliss-reactive ketones (excluding diaryl/α,β-unsaturated/α-hetero) is 1. The smallest absolute Gasteiger partial charge is 0.161 e. The number of anilines is 1. The maximum Gasteiger partial charge on any atom is 0.161 e. The molecule has 0 radical (unpaired) electrons. The van der Waals surface area contributed by atoms with Crippen LogP contribution in [0.25, 0.3) is 0 Å². The number of benzene rings is 1. The highest BCUT2D eigenvalue weighted by atomic mass is 32.1. The van der Waals surface area contributed by atoms with Gasteiger partial charge in [-0.3, -0.25) is 4.79 Å². The lowest BCUT2D eigenvalue weighted by atomic mass is 10.1. The fraction of sp³-hybridized carbons (Fsp3) is 0.214. The molecular weight excluding hydrogens is 230 g/mol. The fourth-order valence-corrected chi connectivity index (χ4v) is 2.51. The van der Waals surface area contributed by atoms with Crippen LogP contribution in [-0.4, -0.2) is 12.8 Å². The predicted octanol–water partition coefficient (Wildman–Crippen LogP) is 3.59. The van der Waals surface area contributed by atoms with Crippen LogP contribution in [0, 0.1) is 0 Å². The number of ketones is 1. The Bertz CT molecular complexity index is 505. The summed E-state index contributed by atoms with van der Waals surface area (Å²) >= 11 is 1.69. The number of carbonyl (C=O) groups excluding carboxylic acids is 1. The van der Waals surface area contributed by atoms with Crippen LogP contribution in [0.1, 0.15) is 22.8 Å². The molecule has 0 fully saturated rings. The van der Waals surface area contributed by atoms with Gasteiger partial charge in [-0.1, -0.05) is 12.1 Å². The molecule has 2 nitrogen and oxygen atoms in total. The molecule has 0 atom stereocenters. The van der Waals surface area contributed by atoms with E-state index < -0.39 is 0 Å². The maximum absolute atomic E-state index is 11.5. The van der Waals surface area contributed by atoms with Crippen molar-refractivity contribution in [1.82, 2.24) is 0 Å². The van der Waals surface area contributed by atoms with E-state index in [1.165, 1.54) is 5.56 Å². The van der Waals surface area contributed by atoms with Crippen molar-refractivity contribution >= 4 is 22.8 Å². The highest BCUT2D eigenvalue weighted by molar-refractivity contribution is 7.07. The van der Waals surface area contributed by atoms with E-state index in [1.807, 2.05) is 31.3 Å². The second-order valence-corrected chi connectivity index (χ2v) is 4.84. The molecule has 1 aromatic heterocycles. The van der Waals surface area contributed by atoms with Crippen molar-refractivity contribution in [3.63, 3.8) is 0 Å². The van der Waals surface area contributed by atoms with Crippen LogP contribution in [0.2, 0.25) is 0 Å². The first-order valence-corrected chi connectivity index (χ1v) is 6.45. The van der Waals surface area contributed by atoms with Gasteiger partial charge in [0.1, 0.15) is 0 Å². The Balaban J connectivity index is 2.24. The summed E-state index contributed by atoms with van der Waals surface area (Å²) in [6, 6.07) is 9.84. The number of thiophene rings is 1. The van der Waals surface area contributed by atoms with Crippen LogP contribution in [-0.2, 0) is 6.54 Å². The van der Waals surface area contributed by atoms with Gasteiger partial charge in [0.2, 0.25) is 0 Å². The van der Waals surface area contributed by atoms with E-state index in [9.17, 15) is 4.79 Å². The molecule has 0 unspecified atom stereocenters. The molecule has 1 aromatic carbocycles. The average Bonchev–Trinajstić information content (AvgIpc) is 2.81. The van der Waals surface area contributed by atoms with Crippen molar-refractivity contribution < 1.29 is 4.79 Å². The van der Waals surface area contributed by atoms with Crippen LogP contribution in [0.4, 0.5) is 5.69 Å². The molecule has 2 aromatic rings. The third-order valence-electron chi connectivity index (χ3n) is 2.69. The summed E-state index contributed by atoms with van der Waals surface area (Å²) in [6.45, 7) is 2.44. The zero-order valence-corrected chi connectivity index (χ0v) is 10.8. The Kier molecular flexibility index (Phi) is 3.59. The fourth-order valence-electron chi connectivity index (χ4n) is 1.85. The topological polar surface area (TPSA) is 20.3 Å². The van der Waals surface area contributed by atoms with E-state index in [0.717, 1.165) is 17.8 Å². The summed E-state index contributed by atoms with van der Waals surface area (Å²) in [7, 11) is 2.01. The molecule has 0 spiro atoms. The first-order valence-electron chi connectivity index (χ1n) is 5.50. The normalized spacial score (nSPS) is 10.2. The van der Waals surface area contributed by atoms with Gasteiger partial charge in [-0.15, -0.1) is 0 Å². The lowest BCUT2D eigenvalue weighted by molar-refractivity contribution is 0.101. The van der Waals surface area contributed by atoms with Crippen LogP contribution in [0.3, 0.4) is 0 Å². The van der Waals surface area contributed by atoms with Crippen molar-refractivity contribution in [1.29, 1.82) is 0 Å². The molecular formula is C14H15NOS. The van der Waals surface area contributed by atoms with Crippen LogP contribution in [0.5, 0.6) is 0 Å². The number of rotatable bonds is 4. The summed E-state index contributed by atoms with van der Waals surface area (Å²) < 4.78 is 0. The SMILES string of the molecule is CC(=O)c1ccccc1N(C)Cc1ccsc1. The molecule has 3 heteroatoms. The van der Waals surface area contributed by atoms with Gasteiger partial charge < -0.3 is 4.90 Å². The van der Waals surface area contributed by atoms with Gasteiger partial charge in [-0.05, 0) is 41.4 Å². The van der Waals surface area contributed by atoms with Crippen LogP contribution in [0.15, 0.2) is 41.1 Å². The van der Waals surface area contributed by atoms with E-state index in [0.29, 0.717) is 0 Å². The molecule has 2 rings (SSSR count). The molecule has 0 aliphatic carbocycles. The van der Waals surface area contributed by atoms with Crippen molar-refractivity contribution in [2.75, 3.05) is 11.9 Å². The second kappa shape index (κ2) is 5.15. The van der Waals surface area contributed by atoms with Crippen molar-refractivity contribution in [2.24, 2.45) is 0 Å². The minimum absolute atomic E-state index is 0.109. The van der Waals surface area contributed by atoms with Crippen LogP contribution < -0.4 is 4.90 Å². The minimum Gasteiger partial charge on any atom is -0.370 e. The Morgan fingerprint density at radius 1 is 1.29 bits per heavy atom. The number of hydrogen-bond donors (Lipinski definition) is 0. The first kappa shape index (κ1) is 11.9.